The van der Waals surface area contributed by atoms with Gasteiger partial charge in [0, 0.05) is 50.0 Å². The summed E-state index contributed by atoms with van der Waals surface area (Å²) >= 11 is 12.8. The van der Waals surface area contributed by atoms with Gasteiger partial charge in [-0.2, -0.15) is 0 Å². The van der Waals surface area contributed by atoms with E-state index in [1.165, 1.54) is 6.20 Å². The molecule has 0 radical (unpaired) electrons. The summed E-state index contributed by atoms with van der Waals surface area (Å²) in [6.45, 7) is 12.1. The predicted molar refractivity (Wildman–Crippen MR) is 125 cm³/mol. The molecule has 3 unspecified atom stereocenters. The van der Waals surface area contributed by atoms with E-state index in [0.29, 0.717) is 19.1 Å². The van der Waals surface area contributed by atoms with Crippen molar-refractivity contribution < 1.29 is 14.3 Å². The first kappa shape index (κ1) is 23.6. The number of pyridine rings is 1. The maximum atomic E-state index is 13.0. The van der Waals surface area contributed by atoms with E-state index in [1.807, 2.05) is 0 Å². The standard InChI is InChI=1S/C24H31Cl2N3O3/c1-16-5-6-18-23(2,3)24(18,13-16)15-32-22(30)19-17(25)14-27-21(20(19)26)31-12-11-29-9-7-28(4)8-10-29/h14,16,18H,7-13,15H2,1-4H3. The Balaban J connectivity index is 1.38. The monoisotopic (exact) mass is 479 g/mol. The molecule has 4 rings (SSSR count). The number of carbonyl (C=O) groups excluding carboxylic acids is 1. The second kappa shape index (κ2) is 9.02. The summed E-state index contributed by atoms with van der Waals surface area (Å²) in [5.41, 5.74) is 0.0227. The van der Waals surface area contributed by atoms with E-state index in [4.69, 9.17) is 32.7 Å². The minimum absolute atomic E-state index is 0.0222. The van der Waals surface area contributed by atoms with Crippen LogP contribution in [0.3, 0.4) is 0 Å². The smallest absolute Gasteiger partial charge is 0.341 e. The summed E-state index contributed by atoms with van der Waals surface area (Å²) in [5, 5.41) is 0.258. The molecular weight excluding hydrogens is 449 g/mol. The first-order valence-electron chi connectivity index (χ1n) is 11.2. The van der Waals surface area contributed by atoms with Gasteiger partial charge in [0.1, 0.15) is 17.2 Å². The number of piperazine rings is 1. The molecule has 174 valence electrons. The largest absolute Gasteiger partial charge is 0.475 e. The van der Waals surface area contributed by atoms with Gasteiger partial charge >= 0.3 is 5.97 Å². The Morgan fingerprint density at radius 2 is 1.97 bits per heavy atom. The molecule has 1 saturated carbocycles. The van der Waals surface area contributed by atoms with Crippen molar-refractivity contribution in [2.45, 2.75) is 27.2 Å². The van der Waals surface area contributed by atoms with Crippen molar-refractivity contribution in [1.29, 1.82) is 0 Å². The Morgan fingerprint density at radius 1 is 1.25 bits per heavy atom. The molecule has 2 heterocycles. The van der Waals surface area contributed by atoms with Gasteiger partial charge in [-0.25, -0.2) is 9.78 Å². The third kappa shape index (κ3) is 4.33. The second-order valence-corrected chi connectivity index (χ2v) is 10.7. The fourth-order valence-electron chi connectivity index (χ4n) is 5.14. The van der Waals surface area contributed by atoms with E-state index in [0.717, 1.165) is 39.1 Å². The molecule has 0 spiro atoms. The third-order valence-electron chi connectivity index (χ3n) is 7.47. The minimum Gasteiger partial charge on any atom is -0.475 e. The van der Waals surface area contributed by atoms with Crippen molar-refractivity contribution in [3.63, 3.8) is 0 Å². The molecule has 3 atom stereocenters. The zero-order valence-electron chi connectivity index (χ0n) is 19.2. The first-order chi connectivity index (χ1) is 15.2. The number of rotatable bonds is 7. The molecule has 0 amide bonds. The lowest BCUT2D eigenvalue weighted by molar-refractivity contribution is 0.0353. The molecule has 1 aromatic heterocycles. The van der Waals surface area contributed by atoms with Crippen molar-refractivity contribution >= 4 is 29.2 Å². The summed E-state index contributed by atoms with van der Waals surface area (Å²) in [4.78, 5) is 21.8. The van der Waals surface area contributed by atoms with Crippen LogP contribution in [0.2, 0.25) is 10.0 Å². The number of likely N-dealkylation sites (N-methyl/N-ethyl adjacent to an activating group) is 1. The summed E-state index contributed by atoms with van der Waals surface area (Å²) in [6.07, 6.45) is 2.31. The summed E-state index contributed by atoms with van der Waals surface area (Å²) in [5.74, 6) is 6.83. The predicted octanol–water partition coefficient (Wildman–Crippen LogP) is 3.86. The van der Waals surface area contributed by atoms with Gasteiger partial charge in [0.25, 0.3) is 0 Å². The van der Waals surface area contributed by atoms with Gasteiger partial charge in [-0.3, -0.25) is 4.90 Å². The highest BCUT2D eigenvalue weighted by atomic mass is 35.5. The van der Waals surface area contributed by atoms with Crippen LogP contribution in [0, 0.1) is 34.5 Å². The third-order valence-corrected chi connectivity index (χ3v) is 8.10. The van der Waals surface area contributed by atoms with Crippen LogP contribution in [0.15, 0.2) is 6.20 Å². The molecule has 0 N–H and O–H groups in total. The normalized spacial score (nSPS) is 28.9. The van der Waals surface area contributed by atoms with Crippen LogP contribution in [0.1, 0.15) is 37.6 Å². The Hall–Kier alpha value is -1.52. The fraction of sp³-hybridized carbons (Fsp3) is 0.667. The van der Waals surface area contributed by atoms with Crippen LogP contribution >= 0.6 is 23.2 Å². The Kier molecular flexibility index (Phi) is 6.66. The van der Waals surface area contributed by atoms with E-state index in [-0.39, 0.29) is 38.2 Å². The van der Waals surface area contributed by atoms with Crippen molar-refractivity contribution in [1.82, 2.24) is 14.8 Å². The number of hydrogen-bond donors (Lipinski definition) is 0. The molecule has 8 heteroatoms. The van der Waals surface area contributed by atoms with Crippen LogP contribution in [0.25, 0.3) is 0 Å². The number of hydrogen-bond acceptors (Lipinski definition) is 6. The molecule has 32 heavy (non-hydrogen) atoms. The summed E-state index contributed by atoms with van der Waals surface area (Å²) in [7, 11) is 2.12. The van der Waals surface area contributed by atoms with Gasteiger partial charge in [-0.15, -0.1) is 0 Å². The van der Waals surface area contributed by atoms with Gasteiger partial charge in [-0.1, -0.05) is 55.8 Å². The average Bonchev–Trinajstić information content (AvgIpc) is 3.23. The van der Waals surface area contributed by atoms with E-state index < -0.39 is 5.97 Å². The number of fused-ring (bicyclic) bond motifs is 1. The maximum absolute atomic E-state index is 13.0. The Morgan fingerprint density at radius 3 is 2.69 bits per heavy atom. The van der Waals surface area contributed by atoms with Gasteiger partial charge in [-0.05, 0) is 18.9 Å². The highest BCUT2D eigenvalue weighted by Gasteiger charge is 2.71. The molecule has 0 aromatic carbocycles. The second-order valence-electron chi connectivity index (χ2n) is 9.87. The molecule has 1 saturated heterocycles. The zero-order chi connectivity index (χ0) is 23.1. The van der Waals surface area contributed by atoms with Crippen LogP contribution in [0.4, 0.5) is 0 Å². The van der Waals surface area contributed by atoms with Gasteiger partial charge in [0.15, 0.2) is 0 Å². The highest BCUT2D eigenvalue weighted by Crippen LogP contribution is 2.72. The number of esters is 1. The quantitative estimate of drug-likeness (QED) is 0.437. The Bertz CT molecular complexity index is 950. The molecule has 6 nitrogen and oxygen atoms in total. The minimum atomic E-state index is -0.548. The van der Waals surface area contributed by atoms with Crippen molar-refractivity contribution in [3.05, 3.63) is 21.8 Å². The lowest BCUT2D eigenvalue weighted by atomic mass is 9.85. The van der Waals surface area contributed by atoms with E-state index in [2.05, 4.69) is 54.4 Å². The topological polar surface area (TPSA) is 54.9 Å². The first-order valence-corrected chi connectivity index (χ1v) is 12.0. The van der Waals surface area contributed by atoms with E-state index in [9.17, 15) is 4.79 Å². The molecule has 2 aliphatic carbocycles. The van der Waals surface area contributed by atoms with Crippen LogP contribution in [-0.2, 0) is 4.74 Å². The zero-order valence-corrected chi connectivity index (χ0v) is 20.7. The van der Waals surface area contributed by atoms with E-state index in [1.54, 1.807) is 0 Å². The van der Waals surface area contributed by atoms with E-state index >= 15 is 0 Å². The molecule has 3 aliphatic rings. The number of ether oxygens (including phenoxy) is 2. The van der Waals surface area contributed by atoms with Gasteiger partial charge in [0.05, 0.1) is 17.8 Å². The fourth-order valence-corrected chi connectivity index (χ4v) is 5.69. The molecule has 2 fully saturated rings. The highest BCUT2D eigenvalue weighted by molar-refractivity contribution is 6.39. The number of nitrogens with zero attached hydrogens (tertiary/aromatic N) is 3. The molecular formula is C24H31Cl2N3O3. The lowest BCUT2D eigenvalue weighted by Crippen LogP contribution is -2.45. The van der Waals surface area contributed by atoms with Gasteiger partial charge in [0.2, 0.25) is 5.88 Å². The molecule has 0 bridgehead atoms. The Labute approximate surface area is 200 Å². The summed E-state index contributed by atoms with van der Waals surface area (Å²) < 4.78 is 11.5. The molecule has 1 aliphatic heterocycles. The van der Waals surface area contributed by atoms with Crippen molar-refractivity contribution in [2.75, 3.05) is 53.0 Å². The van der Waals surface area contributed by atoms with Crippen molar-refractivity contribution in [2.24, 2.45) is 22.7 Å². The number of carbonyl (C=O) groups is 1. The van der Waals surface area contributed by atoms with Crippen LogP contribution in [-0.4, -0.2) is 73.7 Å². The van der Waals surface area contributed by atoms with Gasteiger partial charge < -0.3 is 14.4 Å². The van der Waals surface area contributed by atoms with Crippen LogP contribution < -0.4 is 4.74 Å². The average molecular weight is 480 g/mol. The lowest BCUT2D eigenvalue weighted by Gasteiger charge is -2.32. The SMILES string of the molecule is CC1C#CC2C(C)(C)C2(COC(=O)c2c(Cl)cnc(OCCN3CCN(C)CC3)c2Cl)C1. The van der Waals surface area contributed by atoms with Crippen molar-refractivity contribution in [3.8, 4) is 17.7 Å². The molecule has 1 aromatic rings. The maximum Gasteiger partial charge on any atom is 0.341 e. The van der Waals surface area contributed by atoms with Crippen LogP contribution in [0.5, 0.6) is 5.88 Å². The number of aromatic nitrogens is 1. The summed E-state index contributed by atoms with van der Waals surface area (Å²) in [6, 6.07) is 0. The number of halogens is 2.